The van der Waals surface area contributed by atoms with Crippen LogP contribution in [0.5, 0.6) is 5.75 Å². The number of methoxy groups -OCH3 is 1. The summed E-state index contributed by atoms with van der Waals surface area (Å²) in [6.07, 6.45) is 2.03. The molecule has 0 bridgehead atoms. The number of nitrogens with zero attached hydrogens (tertiary/aromatic N) is 1. The van der Waals surface area contributed by atoms with E-state index in [1.807, 2.05) is 30.3 Å². The van der Waals surface area contributed by atoms with Gasteiger partial charge in [-0.3, -0.25) is 0 Å². The number of urea groups is 1. The van der Waals surface area contributed by atoms with Crippen molar-refractivity contribution in [3.05, 3.63) is 53.6 Å². The predicted molar refractivity (Wildman–Crippen MR) is 90.8 cm³/mol. The van der Waals surface area contributed by atoms with E-state index in [0.29, 0.717) is 17.0 Å². The summed E-state index contributed by atoms with van der Waals surface area (Å²) in [6.45, 7) is 2.12. The second-order valence-corrected chi connectivity index (χ2v) is 5.06. The molecule has 0 radical (unpaired) electrons. The number of ether oxygens (including phenoxy) is 1. The Morgan fingerprint density at radius 1 is 1.17 bits per heavy atom. The van der Waals surface area contributed by atoms with Crippen LogP contribution in [0.3, 0.4) is 0 Å². The van der Waals surface area contributed by atoms with E-state index in [-0.39, 0.29) is 6.03 Å². The Bertz CT molecular complexity index is 735. The molecule has 2 rings (SSSR count). The maximum atomic E-state index is 12.1. The van der Waals surface area contributed by atoms with Crippen LogP contribution >= 0.6 is 0 Å². The minimum absolute atomic E-state index is 0.342. The number of benzene rings is 2. The molecule has 0 aliphatic rings. The maximum absolute atomic E-state index is 12.1. The number of rotatable bonds is 5. The number of hydrogen-bond acceptors (Lipinski definition) is 3. The zero-order valence-electron chi connectivity index (χ0n) is 13.2. The molecule has 0 atom stereocenters. The summed E-state index contributed by atoms with van der Waals surface area (Å²) in [7, 11) is 1.49. The van der Waals surface area contributed by atoms with Crippen molar-refractivity contribution in [1.29, 1.82) is 5.26 Å². The molecule has 2 aromatic carbocycles. The Morgan fingerprint density at radius 3 is 2.57 bits per heavy atom. The lowest BCUT2D eigenvalue weighted by Crippen LogP contribution is -2.19. The van der Waals surface area contributed by atoms with Gasteiger partial charge in [-0.05, 0) is 36.2 Å². The van der Waals surface area contributed by atoms with Crippen LogP contribution in [0.4, 0.5) is 16.2 Å². The molecule has 5 heteroatoms. The van der Waals surface area contributed by atoms with E-state index < -0.39 is 0 Å². The molecule has 0 aromatic heterocycles. The molecular weight excluding hydrogens is 290 g/mol. The van der Waals surface area contributed by atoms with E-state index in [4.69, 9.17) is 10.00 Å². The zero-order valence-corrected chi connectivity index (χ0v) is 13.2. The summed E-state index contributed by atoms with van der Waals surface area (Å²) < 4.78 is 5.13. The van der Waals surface area contributed by atoms with Gasteiger partial charge in [0.25, 0.3) is 0 Å². The van der Waals surface area contributed by atoms with Gasteiger partial charge in [0.1, 0.15) is 11.8 Å². The fraction of sp³-hybridized carbons (Fsp3) is 0.222. The molecule has 0 saturated heterocycles. The van der Waals surface area contributed by atoms with E-state index in [1.54, 1.807) is 18.2 Å². The number of aryl methyl sites for hydroxylation is 1. The topological polar surface area (TPSA) is 74.2 Å². The molecule has 118 valence electrons. The number of anilines is 2. The van der Waals surface area contributed by atoms with Gasteiger partial charge < -0.3 is 15.4 Å². The predicted octanol–water partition coefficient (Wildman–Crippen LogP) is 4.16. The molecule has 5 nitrogen and oxygen atoms in total. The summed E-state index contributed by atoms with van der Waals surface area (Å²) in [5.41, 5.74) is 2.91. The van der Waals surface area contributed by atoms with Crippen molar-refractivity contribution in [2.75, 3.05) is 17.7 Å². The number of carbonyl (C=O) groups is 1. The van der Waals surface area contributed by atoms with Gasteiger partial charge in [0, 0.05) is 17.4 Å². The van der Waals surface area contributed by atoms with Gasteiger partial charge in [-0.1, -0.05) is 25.5 Å². The second-order valence-electron chi connectivity index (χ2n) is 5.06. The molecule has 23 heavy (non-hydrogen) atoms. The zero-order chi connectivity index (χ0) is 16.7. The summed E-state index contributed by atoms with van der Waals surface area (Å²) in [5, 5.41) is 14.5. The SMILES string of the molecule is CCCc1cccc(NC(=O)Nc2ccc(C#N)c(OC)c2)c1. The number of nitrogens with one attached hydrogen (secondary N) is 2. The lowest BCUT2D eigenvalue weighted by molar-refractivity contribution is 0.262. The normalized spacial score (nSPS) is 9.78. The average molecular weight is 309 g/mol. The molecule has 0 unspecified atom stereocenters. The van der Waals surface area contributed by atoms with Gasteiger partial charge in [-0.15, -0.1) is 0 Å². The Balaban J connectivity index is 2.05. The number of hydrogen-bond donors (Lipinski definition) is 2. The Labute approximate surface area is 135 Å². The third kappa shape index (κ3) is 4.48. The first-order valence-corrected chi connectivity index (χ1v) is 7.41. The number of carbonyl (C=O) groups excluding carboxylic acids is 1. The molecule has 0 aliphatic carbocycles. The standard InChI is InChI=1S/C18H19N3O2/c1-3-5-13-6-4-7-15(10-13)20-18(22)21-16-9-8-14(12-19)17(11-16)23-2/h4,6-11H,3,5H2,1-2H3,(H2,20,21,22). The van der Waals surface area contributed by atoms with Gasteiger partial charge in [-0.2, -0.15) is 5.26 Å². The first-order valence-electron chi connectivity index (χ1n) is 7.41. The van der Waals surface area contributed by atoms with Crippen molar-refractivity contribution < 1.29 is 9.53 Å². The highest BCUT2D eigenvalue weighted by atomic mass is 16.5. The van der Waals surface area contributed by atoms with E-state index in [9.17, 15) is 4.79 Å². The van der Waals surface area contributed by atoms with Gasteiger partial charge in [0.2, 0.25) is 0 Å². The molecule has 0 saturated carbocycles. The highest BCUT2D eigenvalue weighted by Crippen LogP contribution is 2.22. The summed E-state index contributed by atoms with van der Waals surface area (Å²) in [4.78, 5) is 12.1. The van der Waals surface area contributed by atoms with E-state index >= 15 is 0 Å². The number of amides is 2. The van der Waals surface area contributed by atoms with Crippen LogP contribution < -0.4 is 15.4 Å². The van der Waals surface area contributed by atoms with E-state index in [2.05, 4.69) is 17.6 Å². The maximum Gasteiger partial charge on any atom is 0.323 e. The van der Waals surface area contributed by atoms with Crippen molar-refractivity contribution in [3.63, 3.8) is 0 Å². The largest absolute Gasteiger partial charge is 0.495 e. The van der Waals surface area contributed by atoms with Crippen LogP contribution in [0.1, 0.15) is 24.5 Å². The minimum atomic E-state index is -0.342. The Morgan fingerprint density at radius 2 is 1.91 bits per heavy atom. The van der Waals surface area contributed by atoms with Crippen LogP contribution in [-0.2, 0) is 6.42 Å². The summed E-state index contributed by atoms with van der Waals surface area (Å²) in [6, 6.07) is 14.3. The smallest absolute Gasteiger partial charge is 0.323 e. The lowest BCUT2D eigenvalue weighted by Gasteiger charge is -2.10. The van der Waals surface area contributed by atoms with Crippen molar-refractivity contribution in [3.8, 4) is 11.8 Å². The Kier molecular flexibility index (Phi) is 5.59. The molecular formula is C18H19N3O2. The van der Waals surface area contributed by atoms with E-state index in [0.717, 1.165) is 18.5 Å². The number of nitriles is 1. The molecule has 2 amide bonds. The van der Waals surface area contributed by atoms with Crippen LogP contribution in [0, 0.1) is 11.3 Å². The fourth-order valence-corrected chi connectivity index (χ4v) is 2.25. The summed E-state index contributed by atoms with van der Waals surface area (Å²) in [5.74, 6) is 0.426. The Hall–Kier alpha value is -3.00. The fourth-order valence-electron chi connectivity index (χ4n) is 2.25. The van der Waals surface area contributed by atoms with Crippen molar-refractivity contribution in [1.82, 2.24) is 0 Å². The molecule has 0 heterocycles. The highest BCUT2D eigenvalue weighted by Gasteiger charge is 2.07. The lowest BCUT2D eigenvalue weighted by atomic mass is 10.1. The van der Waals surface area contributed by atoms with Gasteiger partial charge in [0.05, 0.1) is 12.7 Å². The van der Waals surface area contributed by atoms with E-state index in [1.165, 1.54) is 12.7 Å². The average Bonchev–Trinajstić information content (AvgIpc) is 2.55. The third-order valence-electron chi connectivity index (χ3n) is 3.30. The van der Waals surface area contributed by atoms with Gasteiger partial charge in [-0.25, -0.2) is 4.79 Å². The second kappa shape index (κ2) is 7.85. The highest BCUT2D eigenvalue weighted by molar-refractivity contribution is 5.99. The first-order chi connectivity index (χ1) is 11.2. The molecule has 2 aromatic rings. The molecule has 0 aliphatic heterocycles. The van der Waals surface area contributed by atoms with Gasteiger partial charge >= 0.3 is 6.03 Å². The van der Waals surface area contributed by atoms with Crippen LogP contribution in [0.25, 0.3) is 0 Å². The third-order valence-corrected chi connectivity index (χ3v) is 3.30. The minimum Gasteiger partial charge on any atom is -0.495 e. The van der Waals surface area contributed by atoms with Gasteiger partial charge in [0.15, 0.2) is 0 Å². The van der Waals surface area contributed by atoms with Crippen LogP contribution in [-0.4, -0.2) is 13.1 Å². The molecule has 0 spiro atoms. The van der Waals surface area contributed by atoms with Crippen LogP contribution in [0.2, 0.25) is 0 Å². The molecule has 0 fully saturated rings. The van der Waals surface area contributed by atoms with Crippen molar-refractivity contribution >= 4 is 17.4 Å². The van der Waals surface area contributed by atoms with Crippen molar-refractivity contribution in [2.24, 2.45) is 0 Å². The monoisotopic (exact) mass is 309 g/mol. The molecule has 2 N–H and O–H groups in total. The van der Waals surface area contributed by atoms with Crippen LogP contribution in [0.15, 0.2) is 42.5 Å². The first kappa shape index (κ1) is 16.4. The van der Waals surface area contributed by atoms with Crippen molar-refractivity contribution in [2.45, 2.75) is 19.8 Å². The summed E-state index contributed by atoms with van der Waals surface area (Å²) >= 11 is 0. The quantitative estimate of drug-likeness (QED) is 0.870.